The van der Waals surface area contributed by atoms with Gasteiger partial charge in [-0.25, -0.2) is 4.79 Å². The molecule has 2 aliphatic rings. The van der Waals surface area contributed by atoms with Gasteiger partial charge >= 0.3 is 5.97 Å². The summed E-state index contributed by atoms with van der Waals surface area (Å²) < 4.78 is 11.4. The number of hydrogen-bond acceptors (Lipinski definition) is 5. The zero-order valence-corrected chi connectivity index (χ0v) is 21.9. The monoisotopic (exact) mass is 507 g/mol. The lowest BCUT2D eigenvalue weighted by atomic mass is 9.71. The summed E-state index contributed by atoms with van der Waals surface area (Å²) in [5.74, 6) is 0.00399. The van der Waals surface area contributed by atoms with Gasteiger partial charge in [0.15, 0.2) is 5.78 Å². The fraction of sp³-hybridized carbons (Fsp3) is 0.273. The lowest BCUT2D eigenvalue weighted by Crippen LogP contribution is -2.36. The van der Waals surface area contributed by atoms with Crippen LogP contribution in [-0.2, 0) is 20.7 Å². The zero-order valence-electron chi connectivity index (χ0n) is 21.9. The molecule has 0 radical (unpaired) electrons. The van der Waals surface area contributed by atoms with Gasteiger partial charge < -0.3 is 14.8 Å². The van der Waals surface area contributed by atoms with Gasteiger partial charge in [-0.3, -0.25) is 4.79 Å². The summed E-state index contributed by atoms with van der Waals surface area (Å²) in [6, 6.07) is 27.8. The molecule has 194 valence electrons. The smallest absolute Gasteiger partial charge is 0.336 e. The van der Waals surface area contributed by atoms with Gasteiger partial charge in [-0.15, -0.1) is 0 Å². The highest BCUT2D eigenvalue weighted by atomic mass is 16.6. The normalized spacial score (nSPS) is 19.1. The molecule has 1 aliphatic heterocycles. The van der Waals surface area contributed by atoms with E-state index in [0.29, 0.717) is 17.6 Å². The number of ether oxygens (including phenoxy) is 2. The quantitative estimate of drug-likeness (QED) is 0.289. The van der Waals surface area contributed by atoms with Crippen LogP contribution in [0.15, 0.2) is 107 Å². The molecule has 0 unspecified atom stereocenters. The van der Waals surface area contributed by atoms with Crippen molar-refractivity contribution in [3.63, 3.8) is 0 Å². The van der Waals surface area contributed by atoms with E-state index in [1.165, 1.54) is 5.56 Å². The van der Waals surface area contributed by atoms with Crippen molar-refractivity contribution in [1.29, 1.82) is 0 Å². The molecule has 0 bridgehead atoms. The van der Waals surface area contributed by atoms with E-state index in [0.717, 1.165) is 41.1 Å². The van der Waals surface area contributed by atoms with E-state index in [2.05, 4.69) is 36.5 Å². The number of dihydropyridines is 1. The highest BCUT2D eigenvalue weighted by Crippen LogP contribution is 2.45. The van der Waals surface area contributed by atoms with Crippen molar-refractivity contribution in [2.75, 3.05) is 13.2 Å². The Kier molecular flexibility index (Phi) is 7.73. The molecule has 0 saturated heterocycles. The number of esters is 1. The highest BCUT2D eigenvalue weighted by molar-refractivity contribution is 6.04. The summed E-state index contributed by atoms with van der Waals surface area (Å²) in [6.07, 6.45) is 2.06. The number of hydrogen-bond donors (Lipinski definition) is 1. The molecular formula is C33H33NO4. The van der Waals surface area contributed by atoms with E-state index >= 15 is 0 Å². The van der Waals surface area contributed by atoms with E-state index in [1.807, 2.05) is 67.6 Å². The van der Waals surface area contributed by atoms with Gasteiger partial charge in [0.25, 0.3) is 0 Å². The third-order valence-electron chi connectivity index (χ3n) is 7.37. The van der Waals surface area contributed by atoms with Gasteiger partial charge in [0.1, 0.15) is 19.0 Å². The third-order valence-corrected chi connectivity index (χ3v) is 7.37. The molecule has 38 heavy (non-hydrogen) atoms. The summed E-state index contributed by atoms with van der Waals surface area (Å²) in [5, 5.41) is 3.42. The second-order valence-corrected chi connectivity index (χ2v) is 9.82. The van der Waals surface area contributed by atoms with Crippen molar-refractivity contribution < 1.29 is 19.1 Å². The summed E-state index contributed by atoms with van der Waals surface area (Å²) in [4.78, 5) is 27.2. The van der Waals surface area contributed by atoms with Gasteiger partial charge in [0.05, 0.1) is 5.57 Å². The molecule has 1 N–H and O–H groups in total. The van der Waals surface area contributed by atoms with E-state index in [-0.39, 0.29) is 24.9 Å². The van der Waals surface area contributed by atoms with E-state index in [9.17, 15) is 9.59 Å². The number of carbonyl (C=O) groups is 2. The van der Waals surface area contributed by atoms with Crippen LogP contribution in [0.3, 0.4) is 0 Å². The number of benzene rings is 3. The van der Waals surface area contributed by atoms with Gasteiger partial charge in [-0.1, -0.05) is 79.7 Å². The van der Waals surface area contributed by atoms with E-state index in [4.69, 9.17) is 9.47 Å². The van der Waals surface area contributed by atoms with Crippen molar-refractivity contribution >= 4 is 11.8 Å². The largest absolute Gasteiger partial charge is 0.490 e. The molecular weight excluding hydrogens is 474 g/mol. The second kappa shape index (κ2) is 11.5. The molecule has 5 heteroatoms. The molecule has 0 fully saturated rings. The standard InChI is InChI=1S/C33H33NO4/c1-3-23-14-16-25(17-15-23)31-30(33(36)38-19-18-37-27-12-8-5-9-13-27)22(2)34-28-20-26(21-29(35)32(28)31)24-10-6-4-7-11-24/h4-17,26,31,34H,3,18-21H2,1-2H3/t26-,31-/m0/s1. The van der Waals surface area contributed by atoms with Crippen LogP contribution in [0, 0.1) is 0 Å². The predicted octanol–water partition coefficient (Wildman–Crippen LogP) is 6.23. The molecule has 0 amide bonds. The zero-order chi connectivity index (χ0) is 26.5. The van der Waals surface area contributed by atoms with Crippen LogP contribution < -0.4 is 10.1 Å². The second-order valence-electron chi connectivity index (χ2n) is 9.82. The van der Waals surface area contributed by atoms with Crippen LogP contribution in [0.25, 0.3) is 0 Å². The summed E-state index contributed by atoms with van der Waals surface area (Å²) >= 11 is 0. The van der Waals surface area contributed by atoms with Gasteiger partial charge in [-0.2, -0.15) is 0 Å². The van der Waals surface area contributed by atoms with Crippen LogP contribution in [0.4, 0.5) is 0 Å². The topological polar surface area (TPSA) is 64.6 Å². The molecule has 5 nitrogen and oxygen atoms in total. The van der Waals surface area contributed by atoms with Crippen molar-refractivity contribution in [2.45, 2.75) is 44.9 Å². The maximum Gasteiger partial charge on any atom is 0.336 e. The number of carbonyl (C=O) groups excluding carboxylic acids is 2. The number of para-hydroxylation sites is 1. The number of nitrogens with one attached hydrogen (secondary N) is 1. The number of aryl methyl sites for hydroxylation is 1. The van der Waals surface area contributed by atoms with Gasteiger partial charge in [-0.05, 0) is 54.5 Å². The average molecular weight is 508 g/mol. The summed E-state index contributed by atoms with van der Waals surface area (Å²) in [6.45, 7) is 4.36. The Hall–Kier alpha value is -4.12. The van der Waals surface area contributed by atoms with Crippen LogP contribution in [0.1, 0.15) is 55.2 Å². The predicted molar refractivity (Wildman–Crippen MR) is 148 cm³/mol. The Bertz CT molecular complexity index is 1360. The minimum Gasteiger partial charge on any atom is -0.490 e. The average Bonchev–Trinajstić information content (AvgIpc) is 2.95. The first-order valence-electron chi connectivity index (χ1n) is 13.3. The van der Waals surface area contributed by atoms with Crippen molar-refractivity contribution in [1.82, 2.24) is 5.32 Å². The van der Waals surface area contributed by atoms with Crippen molar-refractivity contribution in [3.05, 3.63) is 124 Å². The molecule has 1 aliphatic carbocycles. The van der Waals surface area contributed by atoms with Crippen molar-refractivity contribution in [2.24, 2.45) is 0 Å². The molecule has 2 atom stereocenters. The van der Waals surface area contributed by atoms with Crippen LogP contribution in [0.2, 0.25) is 0 Å². The van der Waals surface area contributed by atoms with Crippen molar-refractivity contribution in [3.8, 4) is 5.75 Å². The van der Waals surface area contributed by atoms with Crippen LogP contribution >= 0.6 is 0 Å². The first-order chi connectivity index (χ1) is 18.5. The van der Waals surface area contributed by atoms with E-state index < -0.39 is 11.9 Å². The van der Waals surface area contributed by atoms with Crippen LogP contribution in [0.5, 0.6) is 5.75 Å². The first-order valence-corrected chi connectivity index (χ1v) is 13.3. The fourth-order valence-corrected chi connectivity index (χ4v) is 5.44. The minimum absolute atomic E-state index is 0.0717. The molecule has 3 aromatic carbocycles. The number of rotatable bonds is 8. The third kappa shape index (κ3) is 5.42. The van der Waals surface area contributed by atoms with Crippen LogP contribution in [-0.4, -0.2) is 25.0 Å². The van der Waals surface area contributed by atoms with Gasteiger partial charge in [0.2, 0.25) is 0 Å². The Morgan fingerprint density at radius 1 is 0.868 bits per heavy atom. The molecule has 0 aromatic heterocycles. The Morgan fingerprint density at radius 2 is 1.55 bits per heavy atom. The lowest BCUT2D eigenvalue weighted by Gasteiger charge is -2.36. The minimum atomic E-state index is -0.469. The summed E-state index contributed by atoms with van der Waals surface area (Å²) in [7, 11) is 0. The Labute approximate surface area is 224 Å². The molecule has 3 aromatic rings. The Morgan fingerprint density at radius 3 is 2.24 bits per heavy atom. The fourth-order valence-electron chi connectivity index (χ4n) is 5.44. The highest BCUT2D eigenvalue weighted by Gasteiger charge is 2.41. The molecule has 0 spiro atoms. The Balaban J connectivity index is 1.42. The maximum absolute atomic E-state index is 13.7. The number of allylic oxidation sites excluding steroid dienone is 3. The number of Topliss-reactive ketones (excluding diaryl/α,β-unsaturated/α-hetero) is 1. The lowest BCUT2D eigenvalue weighted by molar-refractivity contribution is -0.140. The number of ketones is 1. The molecule has 1 heterocycles. The molecule has 5 rings (SSSR count). The van der Waals surface area contributed by atoms with E-state index in [1.54, 1.807) is 0 Å². The van der Waals surface area contributed by atoms with Gasteiger partial charge in [0, 0.05) is 29.3 Å². The molecule has 0 saturated carbocycles. The summed E-state index contributed by atoms with van der Waals surface area (Å²) in [5.41, 5.74) is 6.08. The maximum atomic E-state index is 13.7. The SMILES string of the molecule is CCc1ccc([C@H]2C(C(=O)OCCOc3ccccc3)=C(C)NC3=C2C(=O)C[C@@H](c2ccccc2)C3)cc1. The first kappa shape index (κ1) is 25.5.